The lowest BCUT2D eigenvalue weighted by molar-refractivity contribution is 0.377. The number of phenolic OH excluding ortho intramolecular Hbond substituents is 4. The van der Waals surface area contributed by atoms with Crippen LogP contribution in [0.15, 0.2) is 212 Å². The highest BCUT2D eigenvalue weighted by atomic mass is 16.3. The number of fused-ring (bicyclic) bond motifs is 6. The summed E-state index contributed by atoms with van der Waals surface area (Å²) in [6.45, 7) is 2.01. The molecule has 0 fully saturated rings. The van der Waals surface area contributed by atoms with Crippen molar-refractivity contribution < 1.29 is 20.4 Å². The van der Waals surface area contributed by atoms with Crippen LogP contribution in [0.2, 0.25) is 0 Å². The van der Waals surface area contributed by atoms with Crippen molar-refractivity contribution >= 4 is 38.6 Å². The van der Waals surface area contributed by atoms with Gasteiger partial charge in [0.2, 0.25) is 0 Å². The van der Waals surface area contributed by atoms with Gasteiger partial charge in [-0.05, 0) is 116 Å². The van der Waals surface area contributed by atoms with E-state index in [0.717, 1.165) is 61.4 Å². The second kappa shape index (κ2) is 16.1. The third-order valence-corrected chi connectivity index (χ3v) is 12.6. The van der Waals surface area contributed by atoms with Crippen LogP contribution in [-0.2, 0) is 5.41 Å². The van der Waals surface area contributed by atoms with Crippen molar-refractivity contribution in [3.63, 3.8) is 0 Å². The van der Waals surface area contributed by atoms with Crippen LogP contribution >= 0.6 is 0 Å². The van der Waals surface area contributed by atoms with E-state index in [9.17, 15) is 20.4 Å². The molecule has 0 heterocycles. The van der Waals surface area contributed by atoms with Crippen molar-refractivity contribution in [1.29, 1.82) is 0 Å². The van der Waals surface area contributed by atoms with Gasteiger partial charge in [-0.15, -0.1) is 0 Å². The van der Waals surface area contributed by atoms with Crippen LogP contribution in [-0.4, -0.2) is 20.4 Å². The molecule has 1 atom stereocenters. The quantitative estimate of drug-likeness (QED) is 0.0504. The lowest BCUT2D eigenvalue weighted by atomic mass is 9.69. The summed E-state index contributed by atoms with van der Waals surface area (Å²) in [7, 11) is 0. The Morgan fingerprint density at radius 1 is 0.556 bits per heavy atom. The lowest BCUT2D eigenvalue weighted by Crippen LogP contribution is -2.27. The summed E-state index contributed by atoms with van der Waals surface area (Å²) >= 11 is 0. The number of nitrogens with zero attached hydrogens (tertiary/aromatic N) is 1. The van der Waals surface area contributed by atoms with Gasteiger partial charge in [0.05, 0.1) is 5.56 Å². The summed E-state index contributed by atoms with van der Waals surface area (Å²) in [5.41, 5.74) is 8.34. The summed E-state index contributed by atoms with van der Waals surface area (Å²) in [5.74, 6) is -2.25. The number of phenols is 4. The van der Waals surface area contributed by atoms with E-state index in [1.807, 2.05) is 61.5 Å². The van der Waals surface area contributed by atoms with E-state index in [1.54, 1.807) is 29.2 Å². The monoisotopic (exact) mass is 819 g/mol. The third kappa shape index (κ3) is 6.48. The SMILES string of the molecule is C/C=C\C=C/CC1(C2=CCC=CC=C2)c2ccccc2-c2ccc(N(c3cccc(-c4cc5ccccc5c5ccccc45)c3)c3c(O)c(O)c(-c4ccccc4)c(O)c3O)cc21. The smallest absolute Gasteiger partial charge is 0.186 e. The molecule has 0 radical (unpaired) electrons. The Bertz CT molecular complexity index is 3220. The van der Waals surface area contributed by atoms with Crippen LogP contribution in [0.3, 0.4) is 0 Å². The van der Waals surface area contributed by atoms with E-state index in [4.69, 9.17) is 0 Å². The first kappa shape index (κ1) is 39.1. The van der Waals surface area contributed by atoms with Gasteiger partial charge >= 0.3 is 0 Å². The van der Waals surface area contributed by atoms with Crippen molar-refractivity contribution in [2.75, 3.05) is 4.90 Å². The Hall–Kier alpha value is -8.02. The molecule has 4 N–H and O–H groups in total. The van der Waals surface area contributed by atoms with Gasteiger partial charge in [0.15, 0.2) is 23.0 Å². The van der Waals surface area contributed by atoms with Gasteiger partial charge in [0, 0.05) is 16.8 Å². The average molecular weight is 820 g/mol. The predicted octanol–water partition coefficient (Wildman–Crippen LogP) is 14.9. The molecule has 0 saturated carbocycles. The lowest BCUT2D eigenvalue weighted by Gasteiger charge is -2.34. The van der Waals surface area contributed by atoms with Crippen LogP contribution in [0.1, 0.15) is 30.9 Å². The highest BCUT2D eigenvalue weighted by Gasteiger charge is 2.45. The number of aromatic hydroxyl groups is 4. The molecule has 0 bridgehead atoms. The van der Waals surface area contributed by atoms with Crippen LogP contribution in [0.4, 0.5) is 17.1 Å². The number of hydrogen-bond acceptors (Lipinski definition) is 5. The first-order chi connectivity index (χ1) is 30.9. The molecule has 10 rings (SSSR count). The van der Waals surface area contributed by atoms with E-state index >= 15 is 0 Å². The van der Waals surface area contributed by atoms with Gasteiger partial charge in [-0.1, -0.05) is 176 Å². The van der Waals surface area contributed by atoms with Crippen LogP contribution in [0.25, 0.3) is 54.9 Å². The van der Waals surface area contributed by atoms with Gasteiger partial charge in [0.25, 0.3) is 0 Å². The highest BCUT2D eigenvalue weighted by molar-refractivity contribution is 6.14. The normalized spacial score (nSPS) is 15.5. The Labute approximate surface area is 367 Å². The molecule has 306 valence electrons. The first-order valence-electron chi connectivity index (χ1n) is 21.3. The Morgan fingerprint density at radius 2 is 1.24 bits per heavy atom. The molecular weight excluding hydrogens is 775 g/mol. The number of benzene rings is 8. The van der Waals surface area contributed by atoms with Crippen LogP contribution < -0.4 is 4.90 Å². The minimum Gasteiger partial charge on any atom is -0.504 e. The van der Waals surface area contributed by atoms with E-state index in [-0.39, 0.29) is 11.3 Å². The zero-order valence-corrected chi connectivity index (χ0v) is 34.8. The van der Waals surface area contributed by atoms with Crippen molar-refractivity contribution in [2.24, 2.45) is 0 Å². The molecule has 0 aliphatic heterocycles. The van der Waals surface area contributed by atoms with Gasteiger partial charge in [0.1, 0.15) is 5.69 Å². The number of rotatable bonds is 9. The van der Waals surface area contributed by atoms with E-state index < -0.39 is 28.4 Å². The second-order valence-electron chi connectivity index (χ2n) is 16.1. The van der Waals surface area contributed by atoms with E-state index in [0.29, 0.717) is 23.4 Å². The molecule has 8 aromatic carbocycles. The summed E-state index contributed by atoms with van der Waals surface area (Å²) in [6, 6.07) is 50.5. The molecule has 0 amide bonds. The number of anilines is 3. The fraction of sp³-hybridized carbons (Fsp3) is 0.0690. The molecule has 2 aliphatic carbocycles. The fourth-order valence-corrected chi connectivity index (χ4v) is 9.76. The summed E-state index contributed by atoms with van der Waals surface area (Å²) in [5, 5.41) is 52.6. The maximum atomic E-state index is 12.2. The van der Waals surface area contributed by atoms with Crippen molar-refractivity contribution in [1.82, 2.24) is 0 Å². The predicted molar refractivity (Wildman–Crippen MR) is 259 cm³/mol. The minimum atomic E-state index is -0.606. The van der Waals surface area contributed by atoms with Gasteiger partial charge < -0.3 is 25.3 Å². The topological polar surface area (TPSA) is 84.2 Å². The molecule has 0 saturated heterocycles. The average Bonchev–Trinajstić information content (AvgIpc) is 3.44. The maximum Gasteiger partial charge on any atom is 0.186 e. The standard InChI is InChI=1S/C58H45NO4/c1-2-3-4-18-34-58(41-24-10-5-6-11-25-41)50-31-17-16-30-47(50)48-33-32-43(37-51(48)58)59(53-56(62)54(60)52(55(61)57(53)63)38-20-8-7-9-21-38)42-26-19-23-39(35-42)49-36-40-22-12-13-27-44(40)45-28-14-15-29-46(45)49/h2-10,12-33,35-37,60-63H,11,34H2,1H3/b3-2-,18-4-. The Morgan fingerprint density at radius 3 is 2.05 bits per heavy atom. The fourth-order valence-electron chi connectivity index (χ4n) is 9.76. The molecule has 1 unspecified atom stereocenters. The van der Waals surface area contributed by atoms with E-state index in [2.05, 4.69) is 127 Å². The molecule has 0 aromatic heterocycles. The molecule has 2 aliphatic rings. The number of hydrogen-bond donors (Lipinski definition) is 4. The third-order valence-electron chi connectivity index (χ3n) is 12.6. The van der Waals surface area contributed by atoms with Gasteiger partial charge in [-0.25, -0.2) is 0 Å². The number of allylic oxidation sites excluding steroid dienone is 10. The molecule has 5 heteroatoms. The highest BCUT2D eigenvalue weighted by Crippen LogP contribution is 2.60. The van der Waals surface area contributed by atoms with Gasteiger partial charge in [-0.2, -0.15) is 0 Å². The molecule has 5 nitrogen and oxygen atoms in total. The van der Waals surface area contributed by atoms with Crippen molar-refractivity contribution in [2.45, 2.75) is 25.2 Å². The maximum absolute atomic E-state index is 12.2. The van der Waals surface area contributed by atoms with Gasteiger partial charge in [-0.3, -0.25) is 0 Å². The Kier molecular flexibility index (Phi) is 10.0. The summed E-state index contributed by atoms with van der Waals surface area (Å²) in [4.78, 5) is 1.74. The summed E-state index contributed by atoms with van der Waals surface area (Å²) in [6.07, 6.45) is 20.7. The van der Waals surface area contributed by atoms with Crippen LogP contribution in [0, 0.1) is 0 Å². The van der Waals surface area contributed by atoms with Crippen molar-refractivity contribution in [3.05, 3.63) is 223 Å². The summed E-state index contributed by atoms with van der Waals surface area (Å²) < 4.78 is 0. The minimum absolute atomic E-state index is 0.0669. The first-order valence-corrected chi connectivity index (χ1v) is 21.3. The zero-order chi connectivity index (χ0) is 43.1. The largest absolute Gasteiger partial charge is 0.504 e. The molecule has 8 aromatic rings. The van der Waals surface area contributed by atoms with E-state index in [1.165, 1.54) is 5.56 Å². The molecule has 63 heavy (non-hydrogen) atoms. The van der Waals surface area contributed by atoms with Crippen molar-refractivity contribution in [3.8, 4) is 56.4 Å². The Balaban J connectivity index is 1.25. The zero-order valence-electron chi connectivity index (χ0n) is 34.8. The van der Waals surface area contributed by atoms with Crippen LogP contribution in [0.5, 0.6) is 23.0 Å². The molecule has 0 spiro atoms. The molecular formula is C58H45NO4. The second-order valence-corrected chi connectivity index (χ2v) is 16.1.